The standard InChI is InChI=1S/C9H15O3/c1-6(2)9(10)12-8(5)11-7(3)4/h7-8H,1,5H2,2-4H3. The Hall–Kier alpha value is -0.830. The lowest BCUT2D eigenvalue weighted by atomic mass is 10.4. The first kappa shape index (κ1) is 11.2. The third kappa shape index (κ3) is 4.91. The largest absolute Gasteiger partial charge is 0.432 e. The normalized spacial score (nSPS) is 12.8. The first-order chi connectivity index (χ1) is 5.43. The first-order valence-corrected chi connectivity index (χ1v) is 3.78. The SMILES string of the molecule is [CH2]C(OC(=O)C(=C)C)OC(C)C. The molecule has 0 aliphatic rings. The van der Waals surface area contributed by atoms with Gasteiger partial charge in [0, 0.05) is 12.5 Å². The fraction of sp³-hybridized carbons (Fsp3) is 0.556. The summed E-state index contributed by atoms with van der Waals surface area (Å²) in [6, 6.07) is 0. The lowest BCUT2D eigenvalue weighted by molar-refractivity contribution is -0.170. The molecule has 0 aromatic rings. The number of hydrogen-bond donors (Lipinski definition) is 0. The summed E-state index contributed by atoms with van der Waals surface area (Å²) in [5, 5.41) is 0. The summed E-state index contributed by atoms with van der Waals surface area (Å²) in [6.45, 7) is 12.2. The smallest absolute Gasteiger partial charge is 0.335 e. The summed E-state index contributed by atoms with van der Waals surface area (Å²) >= 11 is 0. The molecule has 0 saturated carbocycles. The van der Waals surface area contributed by atoms with Crippen LogP contribution in [0.3, 0.4) is 0 Å². The molecular weight excluding hydrogens is 156 g/mol. The highest BCUT2D eigenvalue weighted by atomic mass is 16.7. The average Bonchev–Trinajstić information content (AvgIpc) is 1.84. The van der Waals surface area contributed by atoms with Crippen LogP contribution in [-0.2, 0) is 14.3 Å². The van der Waals surface area contributed by atoms with Gasteiger partial charge in [-0.2, -0.15) is 0 Å². The van der Waals surface area contributed by atoms with Crippen LogP contribution < -0.4 is 0 Å². The Morgan fingerprint density at radius 1 is 1.42 bits per heavy atom. The Morgan fingerprint density at radius 3 is 2.25 bits per heavy atom. The van der Waals surface area contributed by atoms with Crippen molar-refractivity contribution in [1.82, 2.24) is 0 Å². The van der Waals surface area contributed by atoms with Crippen LogP contribution in [0.15, 0.2) is 12.2 Å². The van der Waals surface area contributed by atoms with Crippen molar-refractivity contribution in [1.29, 1.82) is 0 Å². The molecule has 0 saturated heterocycles. The summed E-state index contributed by atoms with van der Waals surface area (Å²) in [7, 11) is 0. The maximum atomic E-state index is 10.9. The molecule has 0 aromatic carbocycles. The number of ether oxygens (including phenoxy) is 2. The zero-order valence-corrected chi connectivity index (χ0v) is 7.79. The van der Waals surface area contributed by atoms with Crippen LogP contribution in [0.1, 0.15) is 20.8 Å². The second kappa shape index (κ2) is 4.93. The van der Waals surface area contributed by atoms with E-state index >= 15 is 0 Å². The van der Waals surface area contributed by atoms with Crippen LogP contribution in [-0.4, -0.2) is 18.4 Å². The van der Waals surface area contributed by atoms with Crippen LogP contribution in [0.2, 0.25) is 0 Å². The second-order valence-corrected chi connectivity index (χ2v) is 2.80. The monoisotopic (exact) mass is 171 g/mol. The fourth-order valence-corrected chi connectivity index (χ4v) is 0.551. The van der Waals surface area contributed by atoms with Gasteiger partial charge in [0.05, 0.1) is 6.10 Å². The van der Waals surface area contributed by atoms with E-state index in [0.29, 0.717) is 5.57 Å². The molecule has 0 aliphatic heterocycles. The van der Waals surface area contributed by atoms with Crippen LogP contribution in [0.4, 0.5) is 0 Å². The lowest BCUT2D eigenvalue weighted by Gasteiger charge is -2.16. The molecule has 1 unspecified atom stereocenters. The maximum Gasteiger partial charge on any atom is 0.335 e. The van der Waals surface area contributed by atoms with Gasteiger partial charge in [-0.05, 0) is 20.8 Å². The van der Waals surface area contributed by atoms with Gasteiger partial charge in [-0.1, -0.05) is 6.58 Å². The predicted octanol–water partition coefficient (Wildman–Crippen LogP) is 1.69. The number of carbonyl (C=O) groups excluding carboxylic acids is 1. The van der Waals surface area contributed by atoms with Crippen LogP contribution in [0.5, 0.6) is 0 Å². The minimum absolute atomic E-state index is 0.00887. The molecule has 3 nitrogen and oxygen atoms in total. The molecule has 0 amide bonds. The summed E-state index contributed by atoms with van der Waals surface area (Å²) in [4.78, 5) is 10.9. The van der Waals surface area contributed by atoms with Gasteiger partial charge in [0.15, 0.2) is 0 Å². The lowest BCUT2D eigenvalue weighted by Crippen LogP contribution is -2.21. The third-order valence-electron chi connectivity index (χ3n) is 1.01. The molecule has 0 aromatic heterocycles. The van der Waals surface area contributed by atoms with E-state index in [1.165, 1.54) is 0 Å². The summed E-state index contributed by atoms with van der Waals surface area (Å²) in [5.74, 6) is -0.476. The van der Waals surface area contributed by atoms with E-state index in [1.807, 2.05) is 13.8 Å². The Balaban J connectivity index is 3.76. The Bertz CT molecular complexity index is 173. The quantitative estimate of drug-likeness (QED) is 0.367. The van der Waals surface area contributed by atoms with Crippen molar-refractivity contribution in [3.63, 3.8) is 0 Å². The molecule has 0 rings (SSSR count). The van der Waals surface area contributed by atoms with Crippen LogP contribution in [0.25, 0.3) is 0 Å². The fourth-order valence-electron chi connectivity index (χ4n) is 0.551. The molecule has 69 valence electrons. The minimum Gasteiger partial charge on any atom is -0.432 e. The molecule has 3 heteroatoms. The number of esters is 1. The Labute approximate surface area is 73.4 Å². The number of carbonyl (C=O) groups is 1. The molecule has 12 heavy (non-hydrogen) atoms. The number of hydrogen-bond acceptors (Lipinski definition) is 3. The second-order valence-electron chi connectivity index (χ2n) is 2.80. The third-order valence-corrected chi connectivity index (χ3v) is 1.01. The number of rotatable bonds is 4. The summed E-state index contributed by atoms with van der Waals surface area (Å²) in [6.07, 6.45) is -0.764. The summed E-state index contributed by atoms with van der Waals surface area (Å²) in [5.41, 5.74) is 0.344. The van der Waals surface area contributed by atoms with E-state index in [2.05, 4.69) is 13.5 Å². The highest BCUT2D eigenvalue weighted by Gasteiger charge is 2.10. The molecule has 0 N–H and O–H groups in total. The molecule has 1 atom stereocenters. The molecule has 0 bridgehead atoms. The van der Waals surface area contributed by atoms with Gasteiger partial charge in [0.2, 0.25) is 6.29 Å². The van der Waals surface area contributed by atoms with Gasteiger partial charge in [0.25, 0.3) is 0 Å². The highest BCUT2D eigenvalue weighted by Crippen LogP contribution is 2.01. The van der Waals surface area contributed by atoms with Crippen molar-refractivity contribution in [2.24, 2.45) is 0 Å². The van der Waals surface area contributed by atoms with Crippen molar-refractivity contribution in [3.8, 4) is 0 Å². The molecule has 0 spiro atoms. The van der Waals surface area contributed by atoms with E-state index < -0.39 is 12.3 Å². The predicted molar refractivity (Wildman–Crippen MR) is 46.3 cm³/mol. The van der Waals surface area contributed by atoms with Gasteiger partial charge >= 0.3 is 5.97 Å². The van der Waals surface area contributed by atoms with Crippen LogP contribution in [0, 0.1) is 6.92 Å². The van der Waals surface area contributed by atoms with Crippen molar-refractivity contribution >= 4 is 5.97 Å². The van der Waals surface area contributed by atoms with Crippen molar-refractivity contribution in [2.45, 2.75) is 33.2 Å². The first-order valence-electron chi connectivity index (χ1n) is 3.78. The van der Waals surface area contributed by atoms with Crippen molar-refractivity contribution in [3.05, 3.63) is 19.1 Å². The van der Waals surface area contributed by atoms with Crippen LogP contribution >= 0.6 is 0 Å². The van der Waals surface area contributed by atoms with Gasteiger partial charge in [-0.3, -0.25) is 0 Å². The topological polar surface area (TPSA) is 35.5 Å². The van der Waals surface area contributed by atoms with E-state index in [4.69, 9.17) is 9.47 Å². The van der Waals surface area contributed by atoms with Gasteiger partial charge in [-0.25, -0.2) is 4.79 Å². The molecule has 1 radical (unpaired) electrons. The van der Waals surface area contributed by atoms with E-state index in [9.17, 15) is 4.79 Å². The molecule has 0 fully saturated rings. The molecule has 0 heterocycles. The van der Waals surface area contributed by atoms with Crippen molar-refractivity contribution in [2.75, 3.05) is 0 Å². The Kier molecular flexibility index (Phi) is 4.59. The van der Waals surface area contributed by atoms with E-state index in [0.717, 1.165) is 0 Å². The molecule has 0 aliphatic carbocycles. The minimum atomic E-state index is -0.755. The zero-order chi connectivity index (χ0) is 9.72. The Morgan fingerprint density at radius 2 is 1.92 bits per heavy atom. The maximum absolute atomic E-state index is 10.9. The van der Waals surface area contributed by atoms with E-state index in [1.54, 1.807) is 6.92 Å². The summed E-state index contributed by atoms with van der Waals surface area (Å²) < 4.78 is 9.83. The van der Waals surface area contributed by atoms with Gasteiger partial charge in [0.1, 0.15) is 0 Å². The van der Waals surface area contributed by atoms with Gasteiger partial charge < -0.3 is 9.47 Å². The zero-order valence-electron chi connectivity index (χ0n) is 7.79. The molecular formula is C9H15O3. The van der Waals surface area contributed by atoms with Crippen molar-refractivity contribution < 1.29 is 14.3 Å². The van der Waals surface area contributed by atoms with Gasteiger partial charge in [-0.15, -0.1) is 0 Å². The average molecular weight is 171 g/mol. The van der Waals surface area contributed by atoms with E-state index in [-0.39, 0.29) is 6.10 Å². The highest BCUT2D eigenvalue weighted by molar-refractivity contribution is 5.87.